The van der Waals surface area contributed by atoms with Crippen molar-refractivity contribution < 1.29 is 4.79 Å². The van der Waals surface area contributed by atoms with E-state index in [1.54, 1.807) is 0 Å². The van der Waals surface area contributed by atoms with Gasteiger partial charge in [-0.2, -0.15) is 0 Å². The highest BCUT2D eigenvalue weighted by Crippen LogP contribution is 2.18. The van der Waals surface area contributed by atoms with Gasteiger partial charge in [0.15, 0.2) is 0 Å². The highest BCUT2D eigenvalue weighted by molar-refractivity contribution is 5.95. The quantitative estimate of drug-likeness (QED) is 0.299. The van der Waals surface area contributed by atoms with Gasteiger partial charge in [0.05, 0.1) is 0 Å². The molecule has 0 aliphatic heterocycles. The molecular formula is C13H21N3O. The zero-order chi connectivity index (χ0) is 12.7. The van der Waals surface area contributed by atoms with Gasteiger partial charge in [-0.1, -0.05) is 19.1 Å². The number of nitrogens with two attached hydrogens (primary N) is 2. The van der Waals surface area contributed by atoms with Gasteiger partial charge in [0.2, 0.25) is 0 Å². The van der Waals surface area contributed by atoms with Crippen molar-refractivity contribution >= 4 is 5.91 Å². The Morgan fingerprint density at radius 3 is 2.71 bits per heavy atom. The van der Waals surface area contributed by atoms with Crippen LogP contribution in [0.1, 0.15) is 41.3 Å². The number of aryl methyl sites for hydroxylation is 1. The van der Waals surface area contributed by atoms with Gasteiger partial charge in [0.1, 0.15) is 0 Å². The van der Waals surface area contributed by atoms with Crippen molar-refractivity contribution in [3.63, 3.8) is 0 Å². The Morgan fingerprint density at radius 1 is 1.35 bits per heavy atom. The highest BCUT2D eigenvalue weighted by Gasteiger charge is 2.11. The second-order valence-corrected chi connectivity index (χ2v) is 4.02. The lowest BCUT2D eigenvalue weighted by Gasteiger charge is -2.12. The summed E-state index contributed by atoms with van der Waals surface area (Å²) in [5.74, 6) is 4.96. The molecule has 0 fully saturated rings. The molecule has 1 aromatic carbocycles. The van der Waals surface area contributed by atoms with Gasteiger partial charge in [0, 0.05) is 5.56 Å². The van der Waals surface area contributed by atoms with Crippen molar-refractivity contribution in [1.29, 1.82) is 0 Å². The van der Waals surface area contributed by atoms with Crippen molar-refractivity contribution in [3.05, 3.63) is 34.9 Å². The largest absolute Gasteiger partial charge is 0.330 e. The van der Waals surface area contributed by atoms with E-state index in [-0.39, 0.29) is 5.91 Å². The first-order valence-electron chi connectivity index (χ1n) is 6.06. The molecule has 0 bridgehead atoms. The van der Waals surface area contributed by atoms with E-state index < -0.39 is 0 Å². The maximum Gasteiger partial charge on any atom is 0.265 e. The molecule has 0 spiro atoms. The lowest BCUT2D eigenvalue weighted by molar-refractivity contribution is 0.0952. The zero-order valence-corrected chi connectivity index (χ0v) is 10.3. The number of unbranched alkanes of at least 4 members (excludes halogenated alkanes) is 1. The number of carbonyl (C=O) groups excluding carboxylic acids is 1. The smallest absolute Gasteiger partial charge is 0.265 e. The molecule has 0 aliphatic rings. The maximum absolute atomic E-state index is 11.6. The fourth-order valence-electron chi connectivity index (χ4n) is 2.04. The molecule has 1 aromatic rings. The van der Waals surface area contributed by atoms with Crippen LogP contribution in [0.25, 0.3) is 0 Å². The van der Waals surface area contributed by atoms with Crippen molar-refractivity contribution in [2.75, 3.05) is 6.54 Å². The Hall–Kier alpha value is -1.39. The summed E-state index contributed by atoms with van der Waals surface area (Å²) in [6.45, 7) is 2.76. The third-order valence-electron chi connectivity index (χ3n) is 2.90. The number of nitrogen functional groups attached to an aromatic ring is 1. The van der Waals surface area contributed by atoms with Crippen LogP contribution in [0, 0.1) is 0 Å². The lowest BCUT2D eigenvalue weighted by Crippen LogP contribution is -2.31. The topological polar surface area (TPSA) is 81.1 Å². The second-order valence-electron chi connectivity index (χ2n) is 4.02. The van der Waals surface area contributed by atoms with Gasteiger partial charge in [-0.05, 0) is 49.4 Å². The van der Waals surface area contributed by atoms with E-state index in [9.17, 15) is 4.79 Å². The number of hydrogen-bond acceptors (Lipinski definition) is 3. The Balaban J connectivity index is 2.93. The van der Waals surface area contributed by atoms with Crippen LogP contribution in [-0.4, -0.2) is 12.5 Å². The molecule has 4 heteroatoms. The number of nitrogens with one attached hydrogen (secondary N) is 1. The molecule has 4 nitrogen and oxygen atoms in total. The molecule has 1 amide bonds. The molecule has 0 radical (unpaired) electrons. The molecule has 0 atom stereocenters. The van der Waals surface area contributed by atoms with E-state index in [4.69, 9.17) is 11.6 Å². The summed E-state index contributed by atoms with van der Waals surface area (Å²) in [7, 11) is 0. The first kappa shape index (κ1) is 13.7. The molecule has 0 unspecified atom stereocenters. The van der Waals surface area contributed by atoms with E-state index >= 15 is 0 Å². The summed E-state index contributed by atoms with van der Waals surface area (Å²) >= 11 is 0. The Labute approximate surface area is 102 Å². The molecule has 94 valence electrons. The first-order chi connectivity index (χ1) is 8.24. The molecule has 1 rings (SSSR count). The normalized spacial score (nSPS) is 10.3. The number of benzene rings is 1. The third-order valence-corrected chi connectivity index (χ3v) is 2.90. The minimum absolute atomic E-state index is 0.220. The molecule has 0 aromatic heterocycles. The Kier molecular flexibility index (Phi) is 5.66. The fraction of sp³-hybridized carbons (Fsp3) is 0.462. The van der Waals surface area contributed by atoms with E-state index in [1.807, 2.05) is 12.1 Å². The maximum atomic E-state index is 11.6. The van der Waals surface area contributed by atoms with Gasteiger partial charge >= 0.3 is 0 Å². The van der Waals surface area contributed by atoms with Crippen LogP contribution < -0.4 is 17.0 Å². The van der Waals surface area contributed by atoms with E-state index in [1.165, 1.54) is 5.56 Å². The number of carbonyl (C=O) groups is 1. The average molecular weight is 235 g/mol. The lowest BCUT2D eigenvalue weighted by atomic mass is 9.95. The fourth-order valence-corrected chi connectivity index (χ4v) is 2.04. The molecule has 0 saturated carbocycles. The summed E-state index contributed by atoms with van der Waals surface area (Å²) in [6.07, 6.45) is 3.86. The summed E-state index contributed by atoms with van der Waals surface area (Å²) in [6, 6.07) is 5.79. The number of hydrogen-bond donors (Lipinski definition) is 3. The van der Waals surface area contributed by atoms with Gasteiger partial charge < -0.3 is 5.73 Å². The average Bonchev–Trinajstić information content (AvgIpc) is 2.37. The molecule has 0 saturated heterocycles. The standard InChI is InChI=1S/C13H21N3O/c1-2-11-10(6-3-4-9-14)7-5-8-12(11)13(17)16-15/h5,7-8H,2-4,6,9,14-15H2,1H3,(H,16,17). The third kappa shape index (κ3) is 3.54. The molecule has 5 N–H and O–H groups in total. The van der Waals surface area contributed by atoms with Crippen LogP contribution in [0.5, 0.6) is 0 Å². The van der Waals surface area contributed by atoms with Crippen molar-refractivity contribution in [1.82, 2.24) is 5.43 Å². The van der Waals surface area contributed by atoms with E-state index in [0.29, 0.717) is 12.1 Å². The van der Waals surface area contributed by atoms with Crippen LogP contribution in [0.2, 0.25) is 0 Å². The van der Waals surface area contributed by atoms with Crippen LogP contribution in [0.15, 0.2) is 18.2 Å². The second kappa shape index (κ2) is 7.04. The zero-order valence-electron chi connectivity index (χ0n) is 10.3. The predicted molar refractivity (Wildman–Crippen MR) is 69.5 cm³/mol. The minimum Gasteiger partial charge on any atom is -0.330 e. The molecule has 17 heavy (non-hydrogen) atoms. The van der Waals surface area contributed by atoms with E-state index in [2.05, 4.69) is 18.4 Å². The van der Waals surface area contributed by atoms with Crippen LogP contribution in [0.4, 0.5) is 0 Å². The van der Waals surface area contributed by atoms with Crippen molar-refractivity contribution in [2.45, 2.75) is 32.6 Å². The first-order valence-corrected chi connectivity index (χ1v) is 6.06. The van der Waals surface area contributed by atoms with Crippen LogP contribution in [-0.2, 0) is 12.8 Å². The number of rotatable bonds is 6. The van der Waals surface area contributed by atoms with Gasteiger partial charge in [-0.15, -0.1) is 0 Å². The molecular weight excluding hydrogens is 214 g/mol. The predicted octanol–water partition coefficient (Wildman–Crippen LogP) is 1.13. The number of amides is 1. The van der Waals surface area contributed by atoms with Crippen LogP contribution >= 0.6 is 0 Å². The van der Waals surface area contributed by atoms with Gasteiger partial charge in [-0.25, -0.2) is 5.84 Å². The van der Waals surface area contributed by atoms with Gasteiger partial charge in [-0.3, -0.25) is 10.2 Å². The van der Waals surface area contributed by atoms with Crippen molar-refractivity contribution in [2.24, 2.45) is 11.6 Å². The summed E-state index contributed by atoms with van der Waals surface area (Å²) in [5, 5.41) is 0. The summed E-state index contributed by atoms with van der Waals surface area (Å²) in [4.78, 5) is 11.6. The summed E-state index contributed by atoms with van der Waals surface area (Å²) in [5.41, 5.74) is 10.7. The van der Waals surface area contributed by atoms with Crippen LogP contribution in [0.3, 0.4) is 0 Å². The number of hydrazine groups is 1. The SMILES string of the molecule is CCc1c(CCCCN)cccc1C(=O)NN. The highest BCUT2D eigenvalue weighted by atomic mass is 16.2. The molecule has 0 aliphatic carbocycles. The Bertz CT molecular complexity index is 377. The summed E-state index contributed by atoms with van der Waals surface area (Å²) < 4.78 is 0. The van der Waals surface area contributed by atoms with Crippen molar-refractivity contribution in [3.8, 4) is 0 Å². The minimum atomic E-state index is -0.220. The molecule has 0 heterocycles. The van der Waals surface area contributed by atoms with E-state index in [0.717, 1.165) is 31.2 Å². The van der Waals surface area contributed by atoms with Gasteiger partial charge in [0.25, 0.3) is 5.91 Å². The monoisotopic (exact) mass is 235 g/mol. The Morgan fingerprint density at radius 2 is 2.12 bits per heavy atom.